The zero-order valence-electron chi connectivity index (χ0n) is 12.9. The fourth-order valence-electron chi connectivity index (χ4n) is 2.74. The summed E-state index contributed by atoms with van der Waals surface area (Å²) in [5, 5.41) is 28.8. The molecular weight excluding hydrogens is 298 g/mol. The molecule has 0 saturated heterocycles. The molecule has 1 N–H and O–H groups in total. The Bertz CT molecular complexity index is 882. The molecule has 0 aliphatic carbocycles. The van der Waals surface area contributed by atoms with Crippen LogP contribution in [-0.4, -0.2) is 9.67 Å². The average molecular weight is 313 g/mol. The summed E-state index contributed by atoms with van der Waals surface area (Å²) >= 11 is 0. The molecule has 0 saturated carbocycles. The Morgan fingerprint density at radius 2 is 1.21 bits per heavy atom. The summed E-state index contributed by atoms with van der Waals surface area (Å²) in [6.07, 6.45) is 3.02. The first-order chi connectivity index (χ1) is 11.7. The van der Waals surface area contributed by atoms with Crippen LogP contribution in [0.5, 0.6) is 0 Å². The van der Waals surface area contributed by atoms with E-state index in [1.165, 1.54) is 0 Å². The first-order valence-electron chi connectivity index (χ1n) is 7.53. The van der Waals surface area contributed by atoms with Crippen LogP contribution in [0.1, 0.15) is 34.4 Å². The topological polar surface area (TPSA) is 72.7 Å². The molecule has 2 atom stereocenters. The minimum atomic E-state index is -0.780. The average Bonchev–Trinajstić information content (AvgIpc) is 3.16. The highest BCUT2D eigenvalue weighted by Gasteiger charge is 2.24. The van der Waals surface area contributed by atoms with Gasteiger partial charge in [0.1, 0.15) is 6.10 Å². The monoisotopic (exact) mass is 313 g/mol. The van der Waals surface area contributed by atoms with Gasteiger partial charge >= 0.3 is 0 Å². The van der Waals surface area contributed by atoms with Crippen LogP contribution in [0.2, 0.25) is 0 Å². The summed E-state index contributed by atoms with van der Waals surface area (Å²) in [4.78, 5) is 0. The highest BCUT2D eigenvalue weighted by atomic mass is 16.3. The van der Waals surface area contributed by atoms with Crippen LogP contribution >= 0.6 is 0 Å². The lowest BCUT2D eigenvalue weighted by atomic mass is 9.94. The van der Waals surface area contributed by atoms with Crippen LogP contribution in [0, 0.1) is 22.7 Å². The lowest BCUT2D eigenvalue weighted by molar-refractivity contribution is 0.131. The van der Waals surface area contributed by atoms with Crippen LogP contribution in [0.3, 0.4) is 0 Å². The molecule has 2 aromatic carbocycles. The van der Waals surface area contributed by atoms with E-state index >= 15 is 0 Å². The lowest BCUT2D eigenvalue weighted by Gasteiger charge is -2.25. The van der Waals surface area contributed by atoms with E-state index in [1.807, 2.05) is 41.2 Å². The van der Waals surface area contributed by atoms with Gasteiger partial charge < -0.3 is 9.67 Å². The van der Waals surface area contributed by atoms with E-state index in [1.54, 1.807) is 36.4 Å². The van der Waals surface area contributed by atoms with Crippen molar-refractivity contribution in [2.24, 2.45) is 0 Å². The molecule has 1 aromatic heterocycles. The maximum Gasteiger partial charge on any atom is 0.104 e. The molecule has 4 nitrogen and oxygen atoms in total. The number of hydrogen-bond acceptors (Lipinski definition) is 3. The predicted octanol–water partition coefficient (Wildman–Crippen LogP) is 3.55. The number of aromatic nitrogens is 1. The molecule has 4 heteroatoms. The van der Waals surface area contributed by atoms with E-state index in [0.717, 1.165) is 11.1 Å². The molecule has 1 heterocycles. The number of hydrogen-bond donors (Lipinski definition) is 1. The molecule has 0 amide bonds. The van der Waals surface area contributed by atoms with E-state index in [9.17, 15) is 5.11 Å². The largest absolute Gasteiger partial charge is 0.386 e. The Morgan fingerprint density at radius 3 is 1.67 bits per heavy atom. The smallest absolute Gasteiger partial charge is 0.104 e. The van der Waals surface area contributed by atoms with Gasteiger partial charge in [-0.2, -0.15) is 10.5 Å². The Hall–Kier alpha value is -3.34. The maximum atomic E-state index is 10.9. The molecule has 0 radical (unpaired) electrons. The first-order valence-corrected chi connectivity index (χ1v) is 7.53. The van der Waals surface area contributed by atoms with Crippen LogP contribution in [-0.2, 0) is 0 Å². The minimum absolute atomic E-state index is 0.319. The van der Waals surface area contributed by atoms with Crippen molar-refractivity contribution < 1.29 is 5.11 Å². The van der Waals surface area contributed by atoms with E-state index in [4.69, 9.17) is 10.5 Å². The van der Waals surface area contributed by atoms with Gasteiger partial charge in [0.25, 0.3) is 0 Å². The highest BCUT2D eigenvalue weighted by Crippen LogP contribution is 2.32. The highest BCUT2D eigenvalue weighted by molar-refractivity contribution is 5.37. The zero-order chi connectivity index (χ0) is 16.9. The molecule has 24 heavy (non-hydrogen) atoms. The van der Waals surface area contributed by atoms with Crippen molar-refractivity contribution in [3.63, 3.8) is 0 Å². The second kappa shape index (κ2) is 6.83. The number of nitrogens with zero attached hydrogens (tertiary/aromatic N) is 3. The maximum absolute atomic E-state index is 10.9. The molecule has 0 bridgehead atoms. The molecule has 0 aliphatic rings. The summed E-state index contributed by atoms with van der Waals surface area (Å²) < 4.78 is 1.93. The Balaban J connectivity index is 2.01. The van der Waals surface area contributed by atoms with Gasteiger partial charge in [0.15, 0.2) is 0 Å². The van der Waals surface area contributed by atoms with Crippen LogP contribution in [0.25, 0.3) is 0 Å². The van der Waals surface area contributed by atoms with E-state index in [0.29, 0.717) is 11.1 Å². The molecule has 0 aliphatic heterocycles. The number of nitriles is 2. The van der Waals surface area contributed by atoms with Gasteiger partial charge in [-0.1, -0.05) is 24.3 Å². The Kier molecular flexibility index (Phi) is 4.43. The fourth-order valence-corrected chi connectivity index (χ4v) is 2.74. The van der Waals surface area contributed by atoms with Crippen molar-refractivity contribution in [1.29, 1.82) is 10.5 Å². The van der Waals surface area contributed by atoms with Gasteiger partial charge in [-0.3, -0.25) is 0 Å². The number of rotatable bonds is 4. The number of benzene rings is 2. The van der Waals surface area contributed by atoms with E-state index < -0.39 is 6.10 Å². The number of aliphatic hydroxyl groups is 1. The normalized spacial score (nSPS) is 12.8. The fraction of sp³-hybridized carbons (Fsp3) is 0.100. The molecule has 116 valence electrons. The third-order valence-electron chi connectivity index (χ3n) is 4.01. The van der Waals surface area contributed by atoms with Gasteiger partial charge in [0.2, 0.25) is 0 Å². The summed E-state index contributed by atoms with van der Waals surface area (Å²) in [6.45, 7) is 0. The van der Waals surface area contributed by atoms with Gasteiger partial charge in [-0.15, -0.1) is 0 Å². The van der Waals surface area contributed by atoms with Gasteiger partial charge in [0.05, 0.1) is 29.3 Å². The van der Waals surface area contributed by atoms with E-state index in [-0.39, 0.29) is 6.04 Å². The Morgan fingerprint density at radius 1 is 0.750 bits per heavy atom. The molecule has 3 aromatic rings. The third-order valence-corrected chi connectivity index (χ3v) is 4.01. The molecule has 0 spiro atoms. The lowest BCUT2D eigenvalue weighted by Crippen LogP contribution is -2.18. The van der Waals surface area contributed by atoms with Gasteiger partial charge in [-0.05, 0) is 47.5 Å². The van der Waals surface area contributed by atoms with Crippen molar-refractivity contribution in [3.8, 4) is 12.1 Å². The van der Waals surface area contributed by atoms with Crippen molar-refractivity contribution in [2.75, 3.05) is 0 Å². The molecular formula is C20H15N3O. The van der Waals surface area contributed by atoms with Crippen molar-refractivity contribution in [2.45, 2.75) is 12.1 Å². The van der Waals surface area contributed by atoms with Gasteiger partial charge in [0, 0.05) is 12.4 Å². The first kappa shape index (κ1) is 15.6. The summed E-state index contributed by atoms with van der Waals surface area (Å²) in [7, 11) is 0. The number of aliphatic hydroxyl groups excluding tert-OH is 1. The predicted molar refractivity (Wildman–Crippen MR) is 89.8 cm³/mol. The second-order valence-electron chi connectivity index (χ2n) is 5.49. The Labute approximate surface area is 140 Å². The third kappa shape index (κ3) is 3.05. The standard InChI is InChI=1S/C20H15N3O/c21-13-15-3-7-17(8-4-15)19(23-11-1-2-12-23)20(24)18-9-5-16(14-22)6-10-18/h1-12,19-20,24H. The zero-order valence-corrected chi connectivity index (χ0v) is 12.9. The SMILES string of the molecule is N#Cc1ccc(C(O)C(c2ccc(C#N)cc2)n2cccc2)cc1. The van der Waals surface area contributed by atoms with Crippen LogP contribution in [0.15, 0.2) is 73.1 Å². The van der Waals surface area contributed by atoms with E-state index in [2.05, 4.69) is 12.1 Å². The summed E-state index contributed by atoms with van der Waals surface area (Å²) in [5.41, 5.74) is 2.78. The second-order valence-corrected chi connectivity index (χ2v) is 5.49. The van der Waals surface area contributed by atoms with Crippen LogP contribution < -0.4 is 0 Å². The van der Waals surface area contributed by atoms with Crippen molar-refractivity contribution >= 4 is 0 Å². The van der Waals surface area contributed by atoms with Crippen LogP contribution in [0.4, 0.5) is 0 Å². The molecule has 3 rings (SSSR count). The minimum Gasteiger partial charge on any atom is -0.386 e. The summed E-state index contributed by atoms with van der Waals surface area (Å²) in [6, 6.07) is 21.8. The summed E-state index contributed by atoms with van der Waals surface area (Å²) in [5.74, 6) is 0. The molecule has 0 fully saturated rings. The van der Waals surface area contributed by atoms with Crippen molar-refractivity contribution in [3.05, 3.63) is 95.3 Å². The quantitative estimate of drug-likeness (QED) is 0.800. The van der Waals surface area contributed by atoms with Gasteiger partial charge in [-0.25, -0.2) is 0 Å². The molecule has 2 unspecified atom stereocenters. The van der Waals surface area contributed by atoms with Crippen molar-refractivity contribution in [1.82, 2.24) is 4.57 Å².